The lowest BCUT2D eigenvalue weighted by Crippen LogP contribution is -2.30. The SMILES string of the molecule is CC.O=C(O)Cc1cnn(-c2ccc(-c3ccc4[nH]c(O[C@@H]5CCC6[C@H](O)CO[C@@H]65)cc4n3)cc2)c1. The zero-order chi connectivity index (χ0) is 25.2. The molecule has 9 nitrogen and oxygen atoms in total. The van der Waals surface area contributed by atoms with Crippen LogP contribution in [0, 0.1) is 5.92 Å². The van der Waals surface area contributed by atoms with Crippen molar-refractivity contribution in [3.8, 4) is 22.8 Å². The average molecular weight is 491 g/mol. The molecule has 4 atom stereocenters. The normalized spacial score (nSPS) is 22.8. The first-order chi connectivity index (χ1) is 17.5. The van der Waals surface area contributed by atoms with Gasteiger partial charge in [-0.25, -0.2) is 9.67 Å². The van der Waals surface area contributed by atoms with Gasteiger partial charge < -0.3 is 24.7 Å². The van der Waals surface area contributed by atoms with Crippen molar-refractivity contribution in [2.24, 2.45) is 5.92 Å². The molecule has 36 heavy (non-hydrogen) atoms. The second kappa shape index (κ2) is 10.1. The Morgan fingerprint density at radius 2 is 2.00 bits per heavy atom. The molecular weight excluding hydrogens is 460 g/mol. The summed E-state index contributed by atoms with van der Waals surface area (Å²) in [6, 6.07) is 13.6. The van der Waals surface area contributed by atoms with Gasteiger partial charge in [-0.15, -0.1) is 0 Å². The highest BCUT2D eigenvalue weighted by atomic mass is 16.6. The van der Waals surface area contributed by atoms with E-state index < -0.39 is 12.1 Å². The number of benzene rings is 1. The van der Waals surface area contributed by atoms with E-state index in [4.69, 9.17) is 19.6 Å². The zero-order valence-electron chi connectivity index (χ0n) is 20.3. The van der Waals surface area contributed by atoms with Crippen LogP contribution in [0.2, 0.25) is 0 Å². The smallest absolute Gasteiger partial charge is 0.307 e. The van der Waals surface area contributed by atoms with Crippen molar-refractivity contribution < 1.29 is 24.5 Å². The predicted molar refractivity (Wildman–Crippen MR) is 134 cm³/mol. The first kappa shape index (κ1) is 24.0. The van der Waals surface area contributed by atoms with E-state index in [2.05, 4.69) is 10.1 Å². The molecule has 1 saturated carbocycles. The molecule has 0 amide bonds. The van der Waals surface area contributed by atoms with E-state index in [1.165, 1.54) is 0 Å². The quantitative estimate of drug-likeness (QED) is 0.374. The second-order valence-corrected chi connectivity index (χ2v) is 8.94. The molecule has 3 N–H and O–H groups in total. The summed E-state index contributed by atoms with van der Waals surface area (Å²) in [5.74, 6) is -0.0677. The number of carbonyl (C=O) groups is 1. The third-order valence-corrected chi connectivity index (χ3v) is 6.67. The Labute approximate surface area is 208 Å². The average Bonchev–Trinajstić information content (AvgIpc) is 3.67. The van der Waals surface area contributed by atoms with Crippen LogP contribution in [-0.2, 0) is 16.0 Å². The van der Waals surface area contributed by atoms with Crippen LogP contribution >= 0.6 is 0 Å². The number of H-pyrrole nitrogens is 1. The minimum atomic E-state index is -0.882. The number of aliphatic hydroxyl groups is 1. The van der Waals surface area contributed by atoms with E-state index in [1.54, 1.807) is 17.1 Å². The summed E-state index contributed by atoms with van der Waals surface area (Å²) in [5.41, 5.74) is 4.98. The van der Waals surface area contributed by atoms with E-state index in [0.29, 0.717) is 18.1 Å². The van der Waals surface area contributed by atoms with E-state index in [-0.39, 0.29) is 24.5 Å². The highest BCUT2D eigenvalue weighted by Gasteiger charge is 2.47. The number of aliphatic hydroxyl groups excluding tert-OH is 1. The van der Waals surface area contributed by atoms with Crippen LogP contribution in [0.25, 0.3) is 28.0 Å². The van der Waals surface area contributed by atoms with E-state index in [9.17, 15) is 9.90 Å². The number of rotatable bonds is 6. The van der Waals surface area contributed by atoms with Gasteiger partial charge in [0.2, 0.25) is 0 Å². The van der Waals surface area contributed by atoms with Crippen LogP contribution in [0.4, 0.5) is 0 Å². The van der Waals surface area contributed by atoms with Crippen LogP contribution in [0.1, 0.15) is 32.3 Å². The Kier molecular flexibility index (Phi) is 6.75. The van der Waals surface area contributed by atoms with Crippen molar-refractivity contribution in [2.45, 2.75) is 51.4 Å². The van der Waals surface area contributed by atoms with Gasteiger partial charge >= 0.3 is 5.97 Å². The topological polar surface area (TPSA) is 122 Å². The third kappa shape index (κ3) is 4.72. The molecule has 1 saturated heterocycles. The maximum absolute atomic E-state index is 10.9. The predicted octanol–water partition coefficient (Wildman–Crippen LogP) is 3.99. The number of nitrogens with one attached hydrogen (secondary N) is 1. The monoisotopic (exact) mass is 490 g/mol. The fourth-order valence-electron chi connectivity index (χ4n) is 4.99. The molecule has 6 rings (SSSR count). The van der Waals surface area contributed by atoms with Crippen molar-refractivity contribution in [2.75, 3.05) is 6.61 Å². The summed E-state index contributed by atoms with van der Waals surface area (Å²) in [4.78, 5) is 19.0. The molecule has 1 aliphatic heterocycles. The van der Waals surface area contributed by atoms with Gasteiger partial charge in [-0.2, -0.15) is 5.10 Å². The maximum Gasteiger partial charge on any atom is 0.307 e. The number of fused-ring (bicyclic) bond motifs is 2. The van der Waals surface area contributed by atoms with Crippen LogP contribution in [-0.4, -0.2) is 60.8 Å². The second-order valence-electron chi connectivity index (χ2n) is 8.94. The Balaban J connectivity index is 0.00000130. The van der Waals surface area contributed by atoms with Gasteiger partial charge in [0.15, 0.2) is 5.88 Å². The van der Waals surface area contributed by atoms with E-state index in [1.807, 2.05) is 56.3 Å². The molecule has 2 fully saturated rings. The number of aliphatic carboxylic acids is 1. The summed E-state index contributed by atoms with van der Waals surface area (Å²) in [7, 11) is 0. The first-order valence-electron chi connectivity index (χ1n) is 12.4. The number of nitrogens with zero attached hydrogens (tertiary/aromatic N) is 3. The van der Waals surface area contributed by atoms with Crippen molar-refractivity contribution in [1.82, 2.24) is 19.7 Å². The molecule has 2 aliphatic rings. The molecule has 188 valence electrons. The highest BCUT2D eigenvalue weighted by Crippen LogP contribution is 2.38. The largest absolute Gasteiger partial charge is 0.481 e. The number of aromatic amines is 1. The third-order valence-electron chi connectivity index (χ3n) is 6.67. The summed E-state index contributed by atoms with van der Waals surface area (Å²) in [5, 5.41) is 23.2. The zero-order valence-corrected chi connectivity index (χ0v) is 20.3. The van der Waals surface area contributed by atoms with E-state index in [0.717, 1.165) is 40.8 Å². The lowest BCUT2D eigenvalue weighted by atomic mass is 10.0. The fraction of sp³-hybridized carbons (Fsp3) is 0.370. The number of aromatic nitrogens is 4. The minimum absolute atomic E-state index is 0.0542. The van der Waals surface area contributed by atoms with Gasteiger partial charge in [-0.05, 0) is 37.1 Å². The number of carboxylic acid groups (broad SMARTS) is 1. The van der Waals surface area contributed by atoms with Gasteiger partial charge in [0, 0.05) is 29.3 Å². The summed E-state index contributed by atoms with van der Waals surface area (Å²) in [6.45, 7) is 4.38. The van der Waals surface area contributed by atoms with Crippen molar-refractivity contribution >= 4 is 17.0 Å². The van der Waals surface area contributed by atoms with Crippen LogP contribution in [0.5, 0.6) is 5.88 Å². The number of hydrogen-bond acceptors (Lipinski definition) is 6. The number of ether oxygens (including phenoxy) is 2. The van der Waals surface area contributed by atoms with Crippen molar-refractivity contribution in [1.29, 1.82) is 0 Å². The molecule has 1 unspecified atom stereocenters. The molecular formula is C27H30N4O5. The number of pyridine rings is 1. The molecule has 3 aromatic heterocycles. The Morgan fingerprint density at radius 3 is 2.78 bits per heavy atom. The number of hydrogen-bond donors (Lipinski definition) is 3. The fourth-order valence-corrected chi connectivity index (χ4v) is 4.99. The molecule has 0 radical (unpaired) electrons. The molecule has 0 spiro atoms. The highest BCUT2D eigenvalue weighted by molar-refractivity contribution is 5.80. The molecule has 4 heterocycles. The maximum atomic E-state index is 10.9. The molecule has 1 aliphatic carbocycles. The van der Waals surface area contributed by atoms with Gasteiger partial charge in [-0.3, -0.25) is 4.79 Å². The summed E-state index contributed by atoms with van der Waals surface area (Å²) in [6.07, 6.45) is 4.49. The molecule has 1 aromatic carbocycles. The van der Waals surface area contributed by atoms with Gasteiger partial charge in [-0.1, -0.05) is 26.0 Å². The van der Waals surface area contributed by atoms with Gasteiger partial charge in [0.05, 0.1) is 53.8 Å². The Hall–Kier alpha value is -3.69. The lowest BCUT2D eigenvalue weighted by molar-refractivity contribution is -0.136. The lowest BCUT2D eigenvalue weighted by Gasteiger charge is -2.18. The van der Waals surface area contributed by atoms with Crippen LogP contribution < -0.4 is 4.74 Å². The molecule has 0 bridgehead atoms. The molecule has 9 heteroatoms. The van der Waals surface area contributed by atoms with Crippen molar-refractivity contribution in [3.63, 3.8) is 0 Å². The number of carboxylic acids is 1. The molecule has 4 aromatic rings. The Morgan fingerprint density at radius 1 is 1.19 bits per heavy atom. The Bertz CT molecular complexity index is 1350. The standard InChI is InChI=1S/C25H24N4O5.C2H6/c30-21-13-33-25-17(21)5-8-22(25)34-23-10-20-19(28-23)7-6-18(27-20)15-1-3-16(4-2-15)29-12-14(11-26-29)9-24(31)32;1-2/h1-4,6-7,10-12,17,21-22,25,28,30H,5,8-9,13H2,(H,31,32);1-2H3/t17?,21-,22-,25+;/m1./s1. The van der Waals surface area contributed by atoms with E-state index >= 15 is 0 Å². The van der Waals surface area contributed by atoms with Crippen molar-refractivity contribution in [3.05, 3.63) is 60.4 Å². The summed E-state index contributed by atoms with van der Waals surface area (Å²) < 4.78 is 13.6. The minimum Gasteiger partial charge on any atom is -0.481 e. The van der Waals surface area contributed by atoms with Gasteiger partial charge in [0.1, 0.15) is 6.10 Å². The van der Waals surface area contributed by atoms with Crippen LogP contribution in [0.15, 0.2) is 54.9 Å². The first-order valence-corrected chi connectivity index (χ1v) is 12.4. The van der Waals surface area contributed by atoms with Gasteiger partial charge in [0.25, 0.3) is 0 Å². The van der Waals surface area contributed by atoms with Crippen LogP contribution in [0.3, 0.4) is 0 Å². The summed E-state index contributed by atoms with van der Waals surface area (Å²) >= 11 is 0.